The number of para-hydroxylation sites is 2. The second-order valence-electron chi connectivity index (χ2n) is 6.22. The highest BCUT2D eigenvalue weighted by Crippen LogP contribution is 2.31. The number of ether oxygens (including phenoxy) is 1. The zero-order valence-corrected chi connectivity index (χ0v) is 14.3. The van der Waals surface area contributed by atoms with E-state index in [2.05, 4.69) is 35.3 Å². The Kier molecular flexibility index (Phi) is 5.04. The molecular weight excluding hydrogens is 300 g/mol. The van der Waals surface area contributed by atoms with Crippen molar-refractivity contribution in [2.75, 3.05) is 25.1 Å². The van der Waals surface area contributed by atoms with Gasteiger partial charge in [-0.25, -0.2) is 0 Å². The Bertz CT molecular complexity index is 714. The van der Waals surface area contributed by atoms with E-state index in [9.17, 15) is 4.79 Å². The van der Waals surface area contributed by atoms with Gasteiger partial charge in [0.2, 0.25) is 5.91 Å². The number of anilines is 1. The zero-order chi connectivity index (χ0) is 16.9. The van der Waals surface area contributed by atoms with Crippen molar-refractivity contribution in [3.05, 3.63) is 59.7 Å². The van der Waals surface area contributed by atoms with E-state index in [1.165, 1.54) is 11.3 Å². The van der Waals surface area contributed by atoms with Crippen molar-refractivity contribution in [3.8, 4) is 5.75 Å². The summed E-state index contributed by atoms with van der Waals surface area (Å²) in [4.78, 5) is 14.5. The molecule has 0 radical (unpaired) electrons. The van der Waals surface area contributed by atoms with Crippen LogP contribution < -0.4 is 15.0 Å². The molecule has 0 aliphatic carbocycles. The fourth-order valence-electron chi connectivity index (χ4n) is 3.33. The van der Waals surface area contributed by atoms with Crippen LogP contribution in [0, 0.1) is 0 Å². The summed E-state index contributed by atoms with van der Waals surface area (Å²) >= 11 is 0. The van der Waals surface area contributed by atoms with Gasteiger partial charge in [0.05, 0.1) is 13.7 Å². The van der Waals surface area contributed by atoms with E-state index >= 15 is 0 Å². The molecule has 4 nitrogen and oxygen atoms in total. The highest BCUT2D eigenvalue weighted by Gasteiger charge is 2.26. The molecule has 0 bridgehead atoms. The topological polar surface area (TPSA) is 41.6 Å². The summed E-state index contributed by atoms with van der Waals surface area (Å²) in [6, 6.07) is 16.6. The summed E-state index contributed by atoms with van der Waals surface area (Å²) in [5, 5.41) is 3.02. The van der Waals surface area contributed by atoms with Gasteiger partial charge in [0.25, 0.3) is 0 Å². The standard InChI is InChI=1S/C20H24N2O2/c1-15-13-17-8-3-5-9-18(17)22(15)14-20(23)21-12-11-16-7-4-6-10-19(16)24-2/h3-10,15H,11-14H2,1-2H3,(H,21,23)/t15-/m0/s1. The first-order valence-electron chi connectivity index (χ1n) is 8.42. The number of amides is 1. The summed E-state index contributed by atoms with van der Waals surface area (Å²) in [7, 11) is 1.67. The molecule has 2 aromatic carbocycles. The fraction of sp³-hybridized carbons (Fsp3) is 0.350. The van der Waals surface area contributed by atoms with Crippen LogP contribution in [0.5, 0.6) is 5.75 Å². The number of carbonyl (C=O) groups is 1. The minimum atomic E-state index is 0.0634. The lowest BCUT2D eigenvalue weighted by Crippen LogP contribution is -2.40. The second-order valence-corrected chi connectivity index (χ2v) is 6.22. The molecule has 4 heteroatoms. The maximum absolute atomic E-state index is 12.3. The number of hydrogen-bond donors (Lipinski definition) is 1. The predicted octanol–water partition coefficient (Wildman–Crippen LogP) is 2.81. The second kappa shape index (κ2) is 7.39. The molecule has 1 aliphatic rings. The van der Waals surface area contributed by atoms with Crippen LogP contribution in [0.1, 0.15) is 18.1 Å². The van der Waals surface area contributed by atoms with Gasteiger partial charge in [0, 0.05) is 18.3 Å². The summed E-state index contributed by atoms with van der Waals surface area (Å²) in [5.74, 6) is 0.933. The van der Waals surface area contributed by atoms with Crippen LogP contribution in [-0.2, 0) is 17.6 Å². The average Bonchev–Trinajstić information content (AvgIpc) is 2.91. The third kappa shape index (κ3) is 3.53. The molecular formula is C20H24N2O2. The molecule has 1 N–H and O–H groups in total. The summed E-state index contributed by atoms with van der Waals surface area (Å²) in [5.41, 5.74) is 3.62. The third-order valence-electron chi connectivity index (χ3n) is 4.57. The van der Waals surface area contributed by atoms with Crippen molar-refractivity contribution in [2.45, 2.75) is 25.8 Å². The number of benzene rings is 2. The van der Waals surface area contributed by atoms with Gasteiger partial charge in [-0.15, -0.1) is 0 Å². The average molecular weight is 324 g/mol. The number of methoxy groups -OCH3 is 1. The lowest BCUT2D eigenvalue weighted by molar-refractivity contribution is -0.119. The Morgan fingerprint density at radius 2 is 1.96 bits per heavy atom. The number of hydrogen-bond acceptors (Lipinski definition) is 3. The molecule has 2 aromatic rings. The molecule has 3 rings (SSSR count). The van der Waals surface area contributed by atoms with Gasteiger partial charge in [-0.1, -0.05) is 36.4 Å². The van der Waals surface area contributed by atoms with Crippen LogP contribution in [0.3, 0.4) is 0 Å². The number of fused-ring (bicyclic) bond motifs is 1. The summed E-state index contributed by atoms with van der Waals surface area (Å²) in [6.07, 6.45) is 1.77. The molecule has 1 amide bonds. The largest absolute Gasteiger partial charge is 0.496 e. The first-order chi connectivity index (χ1) is 11.7. The van der Waals surface area contributed by atoms with Gasteiger partial charge in [-0.2, -0.15) is 0 Å². The molecule has 1 heterocycles. The van der Waals surface area contributed by atoms with Crippen molar-refractivity contribution in [1.82, 2.24) is 5.32 Å². The van der Waals surface area contributed by atoms with E-state index in [1.54, 1.807) is 7.11 Å². The fourth-order valence-corrected chi connectivity index (χ4v) is 3.33. The van der Waals surface area contributed by atoms with Crippen molar-refractivity contribution in [1.29, 1.82) is 0 Å². The van der Waals surface area contributed by atoms with E-state index in [0.29, 0.717) is 19.1 Å². The Balaban J connectivity index is 1.53. The molecule has 24 heavy (non-hydrogen) atoms. The first kappa shape index (κ1) is 16.4. The maximum atomic E-state index is 12.3. The number of nitrogens with zero attached hydrogens (tertiary/aromatic N) is 1. The Labute approximate surface area is 143 Å². The van der Waals surface area contributed by atoms with Gasteiger partial charge < -0.3 is 15.0 Å². The zero-order valence-electron chi connectivity index (χ0n) is 14.3. The molecule has 1 aliphatic heterocycles. The maximum Gasteiger partial charge on any atom is 0.239 e. The molecule has 0 saturated heterocycles. The van der Waals surface area contributed by atoms with Crippen molar-refractivity contribution >= 4 is 11.6 Å². The molecule has 0 unspecified atom stereocenters. The highest BCUT2D eigenvalue weighted by atomic mass is 16.5. The molecule has 126 valence electrons. The van der Waals surface area contributed by atoms with Gasteiger partial charge >= 0.3 is 0 Å². The Morgan fingerprint density at radius 1 is 1.21 bits per heavy atom. The SMILES string of the molecule is COc1ccccc1CCNC(=O)CN1c2ccccc2C[C@@H]1C. The van der Waals surface area contributed by atoms with E-state index in [-0.39, 0.29) is 5.91 Å². The first-order valence-corrected chi connectivity index (χ1v) is 8.42. The van der Waals surface area contributed by atoms with Crippen LogP contribution in [0.2, 0.25) is 0 Å². The van der Waals surface area contributed by atoms with E-state index in [0.717, 1.165) is 24.2 Å². The van der Waals surface area contributed by atoms with Gasteiger partial charge in [-0.3, -0.25) is 4.79 Å². The molecule has 0 aromatic heterocycles. The normalized spacial score (nSPS) is 15.9. The van der Waals surface area contributed by atoms with Gasteiger partial charge in [0.15, 0.2) is 0 Å². The van der Waals surface area contributed by atoms with Crippen molar-refractivity contribution < 1.29 is 9.53 Å². The van der Waals surface area contributed by atoms with Crippen LogP contribution in [0.25, 0.3) is 0 Å². The van der Waals surface area contributed by atoms with Crippen LogP contribution >= 0.6 is 0 Å². The lowest BCUT2D eigenvalue weighted by atomic mass is 10.1. The van der Waals surface area contributed by atoms with Crippen molar-refractivity contribution in [3.63, 3.8) is 0 Å². The highest BCUT2D eigenvalue weighted by molar-refractivity contribution is 5.82. The minimum absolute atomic E-state index is 0.0634. The number of rotatable bonds is 6. The predicted molar refractivity (Wildman–Crippen MR) is 96.7 cm³/mol. The van der Waals surface area contributed by atoms with Gasteiger partial charge in [0.1, 0.15) is 5.75 Å². The lowest BCUT2D eigenvalue weighted by Gasteiger charge is -2.24. The van der Waals surface area contributed by atoms with Crippen molar-refractivity contribution in [2.24, 2.45) is 0 Å². The van der Waals surface area contributed by atoms with E-state index in [4.69, 9.17) is 4.74 Å². The summed E-state index contributed by atoms with van der Waals surface area (Å²) in [6.45, 7) is 3.19. The van der Waals surface area contributed by atoms with E-state index < -0.39 is 0 Å². The molecule has 0 spiro atoms. The molecule has 1 atom stereocenters. The van der Waals surface area contributed by atoms with Crippen LogP contribution in [-0.4, -0.2) is 32.1 Å². The summed E-state index contributed by atoms with van der Waals surface area (Å²) < 4.78 is 5.34. The minimum Gasteiger partial charge on any atom is -0.496 e. The smallest absolute Gasteiger partial charge is 0.239 e. The third-order valence-corrected chi connectivity index (χ3v) is 4.57. The van der Waals surface area contributed by atoms with Crippen LogP contribution in [0.15, 0.2) is 48.5 Å². The quantitative estimate of drug-likeness (QED) is 0.888. The number of carbonyl (C=O) groups excluding carboxylic acids is 1. The Morgan fingerprint density at radius 3 is 2.79 bits per heavy atom. The number of nitrogens with one attached hydrogen (secondary N) is 1. The molecule has 0 saturated carbocycles. The van der Waals surface area contributed by atoms with Gasteiger partial charge in [-0.05, 0) is 43.0 Å². The molecule has 0 fully saturated rings. The Hall–Kier alpha value is -2.49. The van der Waals surface area contributed by atoms with Crippen LogP contribution in [0.4, 0.5) is 5.69 Å². The van der Waals surface area contributed by atoms with E-state index in [1.807, 2.05) is 30.3 Å². The monoisotopic (exact) mass is 324 g/mol.